The highest BCUT2D eigenvalue weighted by atomic mass is 35.5. The number of carbonyl (C=O) groups excluding carboxylic acids is 1. The van der Waals surface area contributed by atoms with Crippen LogP contribution in [0.25, 0.3) is 0 Å². The van der Waals surface area contributed by atoms with E-state index in [0.717, 1.165) is 30.7 Å². The normalized spacial score (nSPS) is 30.8. The molecule has 0 saturated carbocycles. The first kappa shape index (κ1) is 18.2. The van der Waals surface area contributed by atoms with E-state index in [4.69, 9.17) is 4.98 Å². The van der Waals surface area contributed by atoms with E-state index in [-0.39, 0.29) is 17.8 Å². The number of halogens is 1. The molecule has 3 atom stereocenters. The molecule has 2 bridgehead atoms. The average Bonchev–Trinajstić information content (AvgIpc) is 3.27. The molecular formula is C18H28ClN3OS. The highest BCUT2D eigenvalue weighted by Gasteiger charge is 2.55. The summed E-state index contributed by atoms with van der Waals surface area (Å²) < 4.78 is 0. The molecule has 1 aliphatic carbocycles. The summed E-state index contributed by atoms with van der Waals surface area (Å²) in [5.41, 5.74) is 1.12. The van der Waals surface area contributed by atoms with Crippen LogP contribution in [0.15, 0.2) is 0 Å². The van der Waals surface area contributed by atoms with Gasteiger partial charge in [0.2, 0.25) is 5.91 Å². The Labute approximate surface area is 154 Å². The van der Waals surface area contributed by atoms with E-state index in [0.29, 0.717) is 24.5 Å². The zero-order chi connectivity index (χ0) is 16.0. The van der Waals surface area contributed by atoms with Crippen molar-refractivity contribution >= 4 is 29.7 Å². The summed E-state index contributed by atoms with van der Waals surface area (Å²) in [4.78, 5) is 21.4. The molecule has 1 aromatic rings. The quantitative estimate of drug-likeness (QED) is 0.885. The van der Waals surface area contributed by atoms with Gasteiger partial charge >= 0.3 is 0 Å². The predicted molar refractivity (Wildman–Crippen MR) is 99.8 cm³/mol. The Morgan fingerprint density at radius 2 is 2.17 bits per heavy atom. The van der Waals surface area contributed by atoms with E-state index in [1.54, 1.807) is 0 Å². The summed E-state index contributed by atoms with van der Waals surface area (Å²) in [6.07, 6.45) is 9.21. The minimum Gasteiger partial charge on any atom is -0.338 e. The fourth-order valence-electron chi connectivity index (χ4n) is 4.90. The Morgan fingerprint density at radius 1 is 1.38 bits per heavy atom. The number of carbonyl (C=O) groups is 1. The smallest absolute Gasteiger partial charge is 0.230 e. The lowest BCUT2D eigenvalue weighted by atomic mass is 9.71. The van der Waals surface area contributed by atoms with Gasteiger partial charge < -0.3 is 10.2 Å². The molecule has 0 radical (unpaired) electrons. The summed E-state index contributed by atoms with van der Waals surface area (Å²) in [6.45, 7) is 2.85. The van der Waals surface area contributed by atoms with Crippen LogP contribution in [-0.4, -0.2) is 34.9 Å². The number of fused-ring (bicyclic) bond motifs is 3. The van der Waals surface area contributed by atoms with Gasteiger partial charge in [-0.05, 0) is 51.4 Å². The molecule has 0 spiro atoms. The highest BCUT2D eigenvalue weighted by Crippen LogP contribution is 2.47. The molecule has 2 aliphatic heterocycles. The van der Waals surface area contributed by atoms with Crippen LogP contribution in [0.2, 0.25) is 0 Å². The zero-order valence-corrected chi connectivity index (χ0v) is 16.3. The Bertz CT molecular complexity index is 596. The third kappa shape index (κ3) is 2.89. The van der Waals surface area contributed by atoms with E-state index in [9.17, 15) is 4.79 Å². The van der Waals surface area contributed by atoms with Gasteiger partial charge in [0.15, 0.2) is 0 Å². The number of rotatable bonds is 4. The molecule has 4 nitrogen and oxygen atoms in total. The molecule has 24 heavy (non-hydrogen) atoms. The molecule has 134 valence electrons. The first-order valence-corrected chi connectivity index (χ1v) is 9.93. The van der Waals surface area contributed by atoms with Crippen molar-refractivity contribution in [2.45, 2.75) is 76.9 Å². The van der Waals surface area contributed by atoms with Crippen molar-refractivity contribution < 1.29 is 4.79 Å². The minimum absolute atomic E-state index is 0. The van der Waals surface area contributed by atoms with E-state index in [2.05, 4.69) is 12.2 Å². The Kier molecular flexibility index (Phi) is 5.24. The van der Waals surface area contributed by atoms with Gasteiger partial charge in [-0.1, -0.05) is 6.92 Å². The Balaban J connectivity index is 0.00000169. The van der Waals surface area contributed by atoms with Crippen molar-refractivity contribution in [3.63, 3.8) is 0 Å². The lowest BCUT2D eigenvalue weighted by Crippen LogP contribution is -2.48. The van der Waals surface area contributed by atoms with Gasteiger partial charge in [0.1, 0.15) is 5.01 Å². The van der Waals surface area contributed by atoms with Gasteiger partial charge in [-0.3, -0.25) is 4.79 Å². The topological polar surface area (TPSA) is 45.2 Å². The molecule has 6 heteroatoms. The van der Waals surface area contributed by atoms with Crippen LogP contribution in [0.4, 0.5) is 0 Å². The van der Waals surface area contributed by atoms with Gasteiger partial charge in [-0.25, -0.2) is 4.98 Å². The van der Waals surface area contributed by atoms with E-state index in [1.165, 1.54) is 36.3 Å². The van der Waals surface area contributed by atoms with E-state index < -0.39 is 0 Å². The second-order valence-corrected chi connectivity index (χ2v) is 8.72. The summed E-state index contributed by atoms with van der Waals surface area (Å²) in [7, 11) is 1.96. The standard InChI is InChI=1S/C18H27N3OS.ClH/c1-3-18(10-12-8-9-15(18)19-12)17(22)21(2)11-16-20-13-6-4-5-7-14(13)23-16;/h12,15,19H,3-11H2,1-2H3;1H/t12-,15+,18+;/m0./s1. The molecular weight excluding hydrogens is 342 g/mol. The number of aryl methyl sites for hydroxylation is 2. The van der Waals surface area contributed by atoms with Crippen LogP contribution in [0.1, 0.15) is 61.0 Å². The molecule has 2 saturated heterocycles. The zero-order valence-electron chi connectivity index (χ0n) is 14.6. The van der Waals surface area contributed by atoms with Crippen molar-refractivity contribution in [3.8, 4) is 0 Å². The maximum absolute atomic E-state index is 13.2. The molecule has 2 fully saturated rings. The average molecular weight is 370 g/mol. The maximum atomic E-state index is 13.2. The van der Waals surface area contributed by atoms with Crippen molar-refractivity contribution in [2.24, 2.45) is 5.41 Å². The van der Waals surface area contributed by atoms with Gasteiger partial charge in [0.25, 0.3) is 0 Å². The maximum Gasteiger partial charge on any atom is 0.230 e. The number of nitrogens with zero attached hydrogens (tertiary/aromatic N) is 2. The summed E-state index contributed by atoms with van der Waals surface area (Å²) in [5.74, 6) is 0.327. The largest absolute Gasteiger partial charge is 0.338 e. The van der Waals surface area contributed by atoms with Crippen LogP contribution >= 0.6 is 23.7 Å². The van der Waals surface area contributed by atoms with Gasteiger partial charge in [-0.2, -0.15) is 0 Å². The molecule has 3 heterocycles. The van der Waals surface area contributed by atoms with E-state index in [1.807, 2.05) is 23.3 Å². The first-order valence-electron chi connectivity index (χ1n) is 9.11. The summed E-state index contributed by atoms with van der Waals surface area (Å²) >= 11 is 1.82. The van der Waals surface area contributed by atoms with E-state index >= 15 is 0 Å². The number of thiazole rings is 1. The van der Waals surface area contributed by atoms with Crippen molar-refractivity contribution in [3.05, 3.63) is 15.6 Å². The van der Waals surface area contributed by atoms with Crippen LogP contribution < -0.4 is 5.32 Å². The fraction of sp³-hybridized carbons (Fsp3) is 0.778. The number of aromatic nitrogens is 1. The molecule has 1 aromatic heterocycles. The molecule has 4 rings (SSSR count). The molecule has 1 amide bonds. The SMILES string of the molecule is CC[C@@]1(C(=O)N(C)Cc2nc3c(s2)CCCC3)C[C@@H]2CC[C@H]1N2.Cl. The fourth-order valence-corrected chi connectivity index (χ4v) is 6.11. The van der Waals surface area contributed by atoms with Crippen LogP contribution in [-0.2, 0) is 24.2 Å². The van der Waals surface area contributed by atoms with Gasteiger partial charge in [-0.15, -0.1) is 23.7 Å². The first-order chi connectivity index (χ1) is 11.1. The summed E-state index contributed by atoms with van der Waals surface area (Å²) in [5, 5.41) is 4.77. The van der Waals surface area contributed by atoms with Crippen LogP contribution in [0, 0.1) is 5.41 Å². The van der Waals surface area contributed by atoms with Gasteiger partial charge in [0.05, 0.1) is 17.7 Å². The summed E-state index contributed by atoms with van der Waals surface area (Å²) in [6, 6.07) is 0.946. The third-order valence-corrected chi connectivity index (χ3v) is 7.33. The Morgan fingerprint density at radius 3 is 2.79 bits per heavy atom. The molecule has 0 aromatic carbocycles. The number of amides is 1. The number of nitrogens with one attached hydrogen (secondary N) is 1. The lowest BCUT2D eigenvalue weighted by molar-refractivity contribution is -0.143. The monoisotopic (exact) mass is 369 g/mol. The molecule has 1 N–H and O–H groups in total. The van der Waals surface area contributed by atoms with Gasteiger partial charge in [0, 0.05) is 24.0 Å². The Hall–Kier alpha value is -0.650. The van der Waals surface area contributed by atoms with Crippen molar-refractivity contribution in [2.75, 3.05) is 7.05 Å². The van der Waals surface area contributed by atoms with Crippen molar-refractivity contribution in [1.82, 2.24) is 15.2 Å². The lowest BCUT2D eigenvalue weighted by Gasteiger charge is -2.37. The minimum atomic E-state index is -0.172. The second-order valence-electron chi connectivity index (χ2n) is 7.55. The predicted octanol–water partition coefficient (Wildman–Crippen LogP) is 3.32. The van der Waals surface area contributed by atoms with Crippen molar-refractivity contribution in [1.29, 1.82) is 0 Å². The third-order valence-electron chi connectivity index (χ3n) is 6.18. The second kappa shape index (κ2) is 6.93. The molecule has 3 aliphatic rings. The van der Waals surface area contributed by atoms with Crippen LogP contribution in [0.5, 0.6) is 0 Å². The molecule has 0 unspecified atom stereocenters. The highest BCUT2D eigenvalue weighted by molar-refractivity contribution is 7.11. The number of hydrogen-bond donors (Lipinski definition) is 1. The van der Waals surface area contributed by atoms with Crippen LogP contribution in [0.3, 0.4) is 0 Å². The number of hydrogen-bond acceptors (Lipinski definition) is 4.